The smallest absolute Gasteiger partial charge is 0.417 e. The van der Waals surface area contributed by atoms with Crippen LogP contribution in [0.4, 0.5) is 23.2 Å². The quantitative estimate of drug-likeness (QED) is 0.470. The van der Waals surface area contributed by atoms with E-state index in [4.69, 9.17) is 16.0 Å². The van der Waals surface area contributed by atoms with Gasteiger partial charge in [-0.15, -0.1) is 0 Å². The zero-order chi connectivity index (χ0) is 24.2. The summed E-state index contributed by atoms with van der Waals surface area (Å²) < 4.78 is 57.4. The number of carbonyl (C=O) groups excluding carboxylic acids is 2. The lowest BCUT2D eigenvalue weighted by Gasteiger charge is -2.17. The molecule has 1 N–H and O–H groups in total. The fraction of sp³-hybridized carbons (Fsp3) is 0.227. The zero-order valence-electron chi connectivity index (χ0n) is 17.2. The van der Waals surface area contributed by atoms with Crippen molar-refractivity contribution in [3.63, 3.8) is 0 Å². The van der Waals surface area contributed by atoms with E-state index in [1.54, 1.807) is 0 Å². The molecule has 33 heavy (non-hydrogen) atoms. The van der Waals surface area contributed by atoms with Crippen molar-refractivity contribution in [1.29, 1.82) is 0 Å². The van der Waals surface area contributed by atoms with Gasteiger partial charge in [0.15, 0.2) is 11.7 Å². The molecular weight excluding hydrogens is 466 g/mol. The van der Waals surface area contributed by atoms with E-state index in [-0.39, 0.29) is 30.9 Å². The predicted molar refractivity (Wildman–Crippen MR) is 113 cm³/mol. The van der Waals surface area contributed by atoms with Crippen LogP contribution in [0.2, 0.25) is 5.02 Å². The van der Waals surface area contributed by atoms with Gasteiger partial charge in [0.25, 0.3) is 0 Å². The molecule has 0 aliphatic heterocycles. The van der Waals surface area contributed by atoms with Crippen LogP contribution in [0.3, 0.4) is 0 Å². The number of aryl methyl sites for hydroxylation is 1. The molecule has 0 spiro atoms. The third-order valence-electron chi connectivity index (χ3n) is 4.60. The van der Waals surface area contributed by atoms with E-state index >= 15 is 0 Å². The van der Waals surface area contributed by atoms with Gasteiger partial charge in [-0.2, -0.15) is 13.2 Å². The number of carbonyl (C=O) groups is 2. The van der Waals surface area contributed by atoms with Gasteiger partial charge in [0.1, 0.15) is 5.82 Å². The first kappa shape index (κ1) is 24.2. The average Bonchev–Trinajstić information content (AvgIpc) is 3.22. The number of rotatable bonds is 7. The third kappa shape index (κ3) is 6.55. The highest BCUT2D eigenvalue weighted by Crippen LogP contribution is 2.36. The molecule has 2 amide bonds. The molecule has 0 saturated heterocycles. The van der Waals surface area contributed by atoms with Crippen LogP contribution in [0.25, 0.3) is 11.3 Å². The maximum atomic E-state index is 13.0. The van der Waals surface area contributed by atoms with Gasteiger partial charge in [-0.3, -0.25) is 9.59 Å². The van der Waals surface area contributed by atoms with Gasteiger partial charge in [0, 0.05) is 31.1 Å². The first-order valence-electron chi connectivity index (χ1n) is 9.64. The van der Waals surface area contributed by atoms with Gasteiger partial charge in [0.2, 0.25) is 11.8 Å². The predicted octanol–water partition coefficient (Wildman–Crippen LogP) is 5.18. The number of anilines is 1. The minimum atomic E-state index is -4.67. The highest BCUT2D eigenvalue weighted by atomic mass is 35.5. The van der Waals surface area contributed by atoms with E-state index in [2.05, 4.69) is 10.3 Å². The summed E-state index contributed by atoms with van der Waals surface area (Å²) in [5.41, 5.74) is -0.533. The van der Waals surface area contributed by atoms with Crippen LogP contribution < -0.4 is 5.32 Å². The molecule has 0 bridgehead atoms. The molecule has 11 heteroatoms. The molecule has 0 fully saturated rings. The molecule has 174 valence electrons. The second-order valence-corrected chi connectivity index (χ2v) is 7.52. The topological polar surface area (TPSA) is 75.4 Å². The van der Waals surface area contributed by atoms with Crippen molar-refractivity contribution in [2.24, 2.45) is 0 Å². The molecule has 6 nitrogen and oxygen atoms in total. The number of hydrogen-bond donors (Lipinski definition) is 1. The van der Waals surface area contributed by atoms with Crippen LogP contribution in [-0.2, 0) is 22.2 Å². The molecule has 1 heterocycles. The number of nitrogens with one attached hydrogen (secondary N) is 1. The van der Waals surface area contributed by atoms with Crippen LogP contribution in [-0.4, -0.2) is 35.3 Å². The zero-order valence-corrected chi connectivity index (χ0v) is 18.0. The Bertz CT molecular complexity index is 1150. The second kappa shape index (κ2) is 10.0. The summed E-state index contributed by atoms with van der Waals surface area (Å²) in [6, 6.07) is 8.64. The third-order valence-corrected chi connectivity index (χ3v) is 4.93. The number of amides is 2. The van der Waals surface area contributed by atoms with Gasteiger partial charge in [-0.05, 0) is 42.5 Å². The van der Waals surface area contributed by atoms with Crippen LogP contribution in [0, 0.1) is 5.82 Å². The van der Waals surface area contributed by atoms with Gasteiger partial charge >= 0.3 is 6.18 Å². The van der Waals surface area contributed by atoms with E-state index in [9.17, 15) is 27.2 Å². The van der Waals surface area contributed by atoms with Crippen molar-refractivity contribution >= 4 is 29.1 Å². The Morgan fingerprint density at radius 1 is 1.15 bits per heavy atom. The van der Waals surface area contributed by atoms with Crippen LogP contribution in [0.15, 0.2) is 53.1 Å². The number of oxazole rings is 1. The van der Waals surface area contributed by atoms with Gasteiger partial charge in [-0.25, -0.2) is 9.37 Å². The molecule has 3 aromatic rings. The summed E-state index contributed by atoms with van der Waals surface area (Å²) in [5.74, 6) is -0.726. The molecule has 1 aromatic heterocycles. The van der Waals surface area contributed by atoms with Crippen molar-refractivity contribution in [1.82, 2.24) is 9.88 Å². The summed E-state index contributed by atoms with van der Waals surface area (Å²) in [6.07, 6.45) is -3.04. The van der Waals surface area contributed by atoms with Crippen molar-refractivity contribution in [2.75, 3.05) is 18.9 Å². The Labute approximate surface area is 191 Å². The fourth-order valence-corrected chi connectivity index (χ4v) is 3.13. The number of alkyl halides is 3. The molecule has 0 radical (unpaired) electrons. The second-order valence-electron chi connectivity index (χ2n) is 7.12. The van der Waals surface area contributed by atoms with Crippen LogP contribution in [0.5, 0.6) is 0 Å². The number of aromatic nitrogens is 1. The molecule has 0 saturated carbocycles. The van der Waals surface area contributed by atoms with Gasteiger partial charge in [-0.1, -0.05) is 11.6 Å². The minimum absolute atomic E-state index is 0.00762. The SMILES string of the molecule is CN(CC(=O)Nc1ccc(Cl)c(C(F)(F)F)c1)C(=O)CCc1ncc(-c2ccc(F)cc2)o1. The molecule has 0 unspecified atom stereocenters. The number of hydrogen-bond acceptors (Lipinski definition) is 4. The highest BCUT2D eigenvalue weighted by Gasteiger charge is 2.33. The summed E-state index contributed by atoms with van der Waals surface area (Å²) in [5, 5.41) is 1.83. The van der Waals surface area contributed by atoms with Crippen LogP contribution in [0.1, 0.15) is 17.9 Å². The molecule has 2 aromatic carbocycles. The van der Waals surface area contributed by atoms with Crippen molar-refractivity contribution in [2.45, 2.75) is 19.0 Å². The highest BCUT2D eigenvalue weighted by molar-refractivity contribution is 6.31. The number of halogens is 5. The molecule has 0 atom stereocenters. The summed E-state index contributed by atoms with van der Waals surface area (Å²) in [4.78, 5) is 29.7. The molecule has 0 aliphatic carbocycles. The number of benzene rings is 2. The van der Waals surface area contributed by atoms with Crippen molar-refractivity contribution < 1.29 is 31.6 Å². The molecular formula is C22H18ClF4N3O3. The van der Waals surface area contributed by atoms with Crippen molar-refractivity contribution in [3.05, 3.63) is 71.0 Å². The monoisotopic (exact) mass is 483 g/mol. The Hall–Kier alpha value is -3.40. The Balaban J connectivity index is 1.52. The molecule has 3 rings (SSSR count). The normalized spacial score (nSPS) is 11.3. The van der Waals surface area contributed by atoms with E-state index in [1.165, 1.54) is 43.6 Å². The van der Waals surface area contributed by atoms with E-state index < -0.39 is 28.6 Å². The summed E-state index contributed by atoms with van der Waals surface area (Å²) in [7, 11) is 1.39. The Morgan fingerprint density at radius 2 is 1.85 bits per heavy atom. The largest absolute Gasteiger partial charge is 0.441 e. The summed E-state index contributed by atoms with van der Waals surface area (Å²) >= 11 is 5.56. The lowest BCUT2D eigenvalue weighted by molar-refractivity contribution is -0.137. The van der Waals surface area contributed by atoms with Crippen molar-refractivity contribution in [3.8, 4) is 11.3 Å². The number of nitrogens with zero attached hydrogens (tertiary/aromatic N) is 2. The Morgan fingerprint density at radius 3 is 2.52 bits per heavy atom. The van der Waals surface area contributed by atoms with E-state index in [0.29, 0.717) is 17.2 Å². The average molecular weight is 484 g/mol. The Kier molecular flexibility index (Phi) is 7.37. The minimum Gasteiger partial charge on any atom is -0.441 e. The first-order chi connectivity index (χ1) is 15.5. The van der Waals surface area contributed by atoms with E-state index in [1.807, 2.05) is 0 Å². The fourth-order valence-electron chi connectivity index (χ4n) is 2.90. The van der Waals surface area contributed by atoms with Gasteiger partial charge < -0.3 is 14.6 Å². The molecule has 0 aliphatic rings. The van der Waals surface area contributed by atoms with Gasteiger partial charge in [0.05, 0.1) is 23.3 Å². The van der Waals surface area contributed by atoms with E-state index in [0.717, 1.165) is 17.0 Å². The van der Waals surface area contributed by atoms with Crippen LogP contribution >= 0.6 is 11.6 Å². The summed E-state index contributed by atoms with van der Waals surface area (Å²) in [6.45, 7) is -0.366. The maximum absolute atomic E-state index is 13.0. The number of likely N-dealkylation sites (N-methyl/N-ethyl adjacent to an activating group) is 1. The first-order valence-corrected chi connectivity index (χ1v) is 10.0. The lowest BCUT2D eigenvalue weighted by atomic mass is 10.2. The maximum Gasteiger partial charge on any atom is 0.417 e. The lowest BCUT2D eigenvalue weighted by Crippen LogP contribution is -2.35. The standard InChI is InChI=1S/C22H18ClF4N3O3/c1-30(12-19(31)29-15-6-7-17(23)16(10-15)22(25,26)27)21(32)9-8-20-28-11-18(33-20)13-2-4-14(24)5-3-13/h2-7,10-11H,8-9,12H2,1H3,(H,29,31).